The first-order valence-corrected chi connectivity index (χ1v) is 11.1. The Kier molecular flexibility index (Phi) is 14.3. The first-order chi connectivity index (χ1) is 11.4. The number of unbranched alkanes of at least 4 members (excludes halogenated alkanes) is 11. The van der Waals surface area contributed by atoms with Gasteiger partial charge in [0.05, 0.1) is 6.61 Å². The van der Waals surface area contributed by atoms with Crippen LogP contribution in [0.1, 0.15) is 97.3 Å². The first-order valence-electron chi connectivity index (χ1n) is 9.56. The van der Waals surface area contributed by atoms with E-state index in [1.54, 1.807) is 0 Å². The van der Waals surface area contributed by atoms with E-state index in [1.807, 2.05) is 0 Å². The second kappa shape index (κ2) is 14.7. The molecule has 0 bridgehead atoms. The van der Waals surface area contributed by atoms with E-state index >= 15 is 0 Å². The number of rotatable bonds is 16. The summed E-state index contributed by atoms with van der Waals surface area (Å²) in [5.41, 5.74) is 0. The van der Waals surface area contributed by atoms with Crippen molar-refractivity contribution in [2.24, 2.45) is 0 Å². The van der Waals surface area contributed by atoms with Gasteiger partial charge in [-0.05, 0) is 12.8 Å². The monoisotopic (exact) mass is 364 g/mol. The molecule has 0 fully saturated rings. The Morgan fingerprint density at radius 3 is 1.62 bits per heavy atom. The molecule has 1 unspecified atom stereocenters. The van der Waals surface area contributed by atoms with Gasteiger partial charge in [0.25, 0.3) is 10.1 Å². The number of hydrogen-bond acceptors (Lipinski definition) is 4. The van der Waals surface area contributed by atoms with Crippen LogP contribution in [0, 0.1) is 0 Å². The zero-order chi connectivity index (χ0) is 18.3. The SMILES string of the molecule is CCCCCCCCCCCCCCOC(=O)C(CC)S(=O)(=O)O. The molecular weight excluding hydrogens is 328 g/mol. The van der Waals surface area contributed by atoms with Crippen LogP contribution < -0.4 is 0 Å². The Morgan fingerprint density at radius 2 is 1.25 bits per heavy atom. The van der Waals surface area contributed by atoms with E-state index in [0.29, 0.717) is 0 Å². The molecule has 0 aromatic heterocycles. The zero-order valence-electron chi connectivity index (χ0n) is 15.5. The van der Waals surface area contributed by atoms with E-state index in [9.17, 15) is 13.2 Å². The molecule has 0 rings (SSSR count). The smallest absolute Gasteiger partial charge is 0.326 e. The van der Waals surface area contributed by atoms with Crippen LogP contribution in [0.2, 0.25) is 0 Å². The third-order valence-corrected chi connectivity index (χ3v) is 5.48. The van der Waals surface area contributed by atoms with Crippen molar-refractivity contribution in [2.75, 3.05) is 6.61 Å². The van der Waals surface area contributed by atoms with Gasteiger partial charge in [0, 0.05) is 0 Å². The lowest BCUT2D eigenvalue weighted by molar-refractivity contribution is -0.143. The van der Waals surface area contributed by atoms with Crippen molar-refractivity contribution < 1.29 is 22.5 Å². The Morgan fingerprint density at radius 1 is 0.833 bits per heavy atom. The fourth-order valence-corrected chi connectivity index (χ4v) is 3.44. The van der Waals surface area contributed by atoms with Crippen molar-refractivity contribution >= 4 is 16.1 Å². The van der Waals surface area contributed by atoms with Crippen LogP contribution in [0.4, 0.5) is 0 Å². The maximum Gasteiger partial charge on any atom is 0.326 e. The summed E-state index contributed by atoms with van der Waals surface area (Å²) in [4.78, 5) is 11.6. The molecule has 0 aliphatic carbocycles. The summed E-state index contributed by atoms with van der Waals surface area (Å²) in [5.74, 6) is -0.844. The minimum atomic E-state index is -4.36. The molecule has 0 aliphatic heterocycles. The fourth-order valence-electron chi connectivity index (χ4n) is 2.71. The van der Waals surface area contributed by atoms with Gasteiger partial charge < -0.3 is 4.74 Å². The van der Waals surface area contributed by atoms with Crippen LogP contribution in [0.5, 0.6) is 0 Å². The quantitative estimate of drug-likeness (QED) is 0.239. The molecule has 144 valence electrons. The summed E-state index contributed by atoms with van der Waals surface area (Å²) >= 11 is 0. The van der Waals surface area contributed by atoms with E-state index in [0.717, 1.165) is 19.3 Å². The number of esters is 1. The fraction of sp³-hybridized carbons (Fsp3) is 0.944. The first kappa shape index (κ1) is 23.4. The lowest BCUT2D eigenvalue weighted by Crippen LogP contribution is -2.31. The Bertz CT molecular complexity index is 406. The maximum absolute atomic E-state index is 11.6. The van der Waals surface area contributed by atoms with Gasteiger partial charge in [0.2, 0.25) is 0 Å². The van der Waals surface area contributed by atoms with Crippen LogP contribution in [0.3, 0.4) is 0 Å². The Labute approximate surface area is 148 Å². The number of carbonyl (C=O) groups is 1. The molecule has 0 saturated carbocycles. The highest BCUT2D eigenvalue weighted by atomic mass is 32.2. The lowest BCUT2D eigenvalue weighted by Gasteiger charge is -2.11. The normalized spacial score (nSPS) is 13.0. The molecule has 0 aromatic rings. The molecule has 0 aromatic carbocycles. The summed E-state index contributed by atoms with van der Waals surface area (Å²) in [6.45, 7) is 3.99. The van der Waals surface area contributed by atoms with Crippen LogP contribution in [-0.2, 0) is 19.6 Å². The van der Waals surface area contributed by atoms with E-state index in [4.69, 9.17) is 9.29 Å². The Balaban J connectivity index is 3.44. The number of hydrogen-bond donors (Lipinski definition) is 1. The van der Waals surface area contributed by atoms with E-state index in [1.165, 1.54) is 64.7 Å². The second-order valence-corrected chi connectivity index (χ2v) is 8.07. The summed E-state index contributed by atoms with van der Waals surface area (Å²) in [5, 5.41) is -1.45. The van der Waals surface area contributed by atoms with Crippen molar-refractivity contribution in [3.63, 3.8) is 0 Å². The summed E-state index contributed by atoms with van der Waals surface area (Å²) in [6, 6.07) is 0. The van der Waals surface area contributed by atoms with Gasteiger partial charge in [0.1, 0.15) is 0 Å². The van der Waals surface area contributed by atoms with Gasteiger partial charge in [-0.15, -0.1) is 0 Å². The van der Waals surface area contributed by atoms with Gasteiger partial charge in [0.15, 0.2) is 5.25 Å². The van der Waals surface area contributed by atoms with Gasteiger partial charge in [-0.2, -0.15) is 8.42 Å². The molecule has 1 N–H and O–H groups in total. The van der Waals surface area contributed by atoms with Crippen LogP contribution in [0.15, 0.2) is 0 Å². The van der Waals surface area contributed by atoms with Crippen LogP contribution in [0.25, 0.3) is 0 Å². The topological polar surface area (TPSA) is 80.7 Å². The lowest BCUT2D eigenvalue weighted by atomic mass is 10.1. The van der Waals surface area contributed by atoms with Crippen molar-refractivity contribution in [1.82, 2.24) is 0 Å². The largest absolute Gasteiger partial charge is 0.465 e. The average molecular weight is 365 g/mol. The Hall–Kier alpha value is -0.620. The molecule has 0 aliphatic rings. The number of carbonyl (C=O) groups excluding carboxylic acids is 1. The predicted octanol–water partition coefficient (Wildman–Crippen LogP) is 4.90. The highest BCUT2D eigenvalue weighted by molar-refractivity contribution is 7.87. The molecule has 6 heteroatoms. The second-order valence-electron chi connectivity index (χ2n) is 6.47. The predicted molar refractivity (Wildman–Crippen MR) is 97.7 cm³/mol. The van der Waals surface area contributed by atoms with E-state index in [2.05, 4.69) is 6.92 Å². The maximum atomic E-state index is 11.6. The average Bonchev–Trinajstić information content (AvgIpc) is 2.51. The summed E-state index contributed by atoms with van der Waals surface area (Å²) in [6.07, 6.45) is 14.7. The minimum Gasteiger partial charge on any atom is -0.465 e. The molecule has 0 heterocycles. The molecule has 5 nitrogen and oxygen atoms in total. The van der Waals surface area contributed by atoms with Gasteiger partial charge >= 0.3 is 5.97 Å². The molecule has 0 spiro atoms. The minimum absolute atomic E-state index is 0.0239. The third kappa shape index (κ3) is 12.8. The van der Waals surface area contributed by atoms with Crippen molar-refractivity contribution in [2.45, 2.75) is 103 Å². The third-order valence-electron chi connectivity index (χ3n) is 4.24. The highest BCUT2D eigenvalue weighted by Crippen LogP contribution is 2.12. The molecular formula is C18H36O5S. The summed E-state index contributed by atoms with van der Waals surface area (Å²) < 4.78 is 35.8. The number of ether oxygens (including phenoxy) is 1. The van der Waals surface area contributed by atoms with Gasteiger partial charge in [-0.1, -0.05) is 84.5 Å². The summed E-state index contributed by atoms with van der Waals surface area (Å²) in [7, 11) is -4.36. The molecule has 0 saturated heterocycles. The molecule has 24 heavy (non-hydrogen) atoms. The van der Waals surface area contributed by atoms with Crippen molar-refractivity contribution in [3.8, 4) is 0 Å². The molecule has 1 atom stereocenters. The molecule has 0 amide bonds. The van der Waals surface area contributed by atoms with Gasteiger partial charge in [-0.25, -0.2) is 0 Å². The van der Waals surface area contributed by atoms with Crippen LogP contribution in [-0.4, -0.2) is 30.8 Å². The standard InChI is InChI=1S/C18H36O5S/c1-3-5-6-7-8-9-10-11-12-13-14-15-16-23-18(19)17(4-2)24(20,21)22/h17H,3-16H2,1-2H3,(H,20,21,22). The van der Waals surface area contributed by atoms with Gasteiger partial charge in [-0.3, -0.25) is 9.35 Å². The van der Waals surface area contributed by atoms with Crippen LogP contribution >= 0.6 is 0 Å². The molecule has 0 radical (unpaired) electrons. The van der Waals surface area contributed by atoms with E-state index < -0.39 is 21.3 Å². The van der Waals surface area contributed by atoms with Crippen molar-refractivity contribution in [3.05, 3.63) is 0 Å². The van der Waals surface area contributed by atoms with E-state index in [-0.39, 0.29) is 13.0 Å². The zero-order valence-corrected chi connectivity index (χ0v) is 16.3. The van der Waals surface area contributed by atoms with Crippen molar-refractivity contribution in [1.29, 1.82) is 0 Å². The highest BCUT2D eigenvalue weighted by Gasteiger charge is 2.30.